The Morgan fingerprint density at radius 2 is 1.96 bits per heavy atom. The van der Waals surface area contributed by atoms with Gasteiger partial charge in [0.15, 0.2) is 0 Å². The van der Waals surface area contributed by atoms with Gasteiger partial charge in [-0.2, -0.15) is 0 Å². The average Bonchev–Trinajstić information content (AvgIpc) is 3.40. The number of hydrogen-bond donors (Lipinski definition) is 3. The molecule has 25 heavy (non-hydrogen) atoms. The number of para-hydroxylation sites is 1. The lowest BCUT2D eigenvalue weighted by Crippen LogP contribution is -2.42. The van der Waals surface area contributed by atoms with Gasteiger partial charge in [0.25, 0.3) is 5.91 Å². The molecule has 1 aliphatic carbocycles. The molecule has 8 heteroatoms. The molecule has 1 heterocycles. The number of nitrogens with zero attached hydrogens (tertiary/aromatic N) is 1. The van der Waals surface area contributed by atoms with Gasteiger partial charge >= 0.3 is 0 Å². The van der Waals surface area contributed by atoms with Crippen LogP contribution >= 0.6 is 24.8 Å². The third-order valence-electron chi connectivity index (χ3n) is 3.94. The molecular formula is C17H21Cl2FN4O. The number of anilines is 2. The van der Waals surface area contributed by atoms with Crippen molar-refractivity contribution in [1.82, 2.24) is 10.3 Å². The number of amides is 1. The van der Waals surface area contributed by atoms with Crippen molar-refractivity contribution in [2.24, 2.45) is 11.7 Å². The van der Waals surface area contributed by atoms with Crippen molar-refractivity contribution >= 4 is 42.2 Å². The topological polar surface area (TPSA) is 80.0 Å². The third kappa shape index (κ3) is 5.29. The molecule has 136 valence electrons. The smallest absolute Gasteiger partial charge is 0.255 e. The second kappa shape index (κ2) is 9.56. The first kappa shape index (κ1) is 21.2. The number of benzene rings is 1. The summed E-state index contributed by atoms with van der Waals surface area (Å²) in [4.78, 5) is 16.7. The summed E-state index contributed by atoms with van der Waals surface area (Å²) in [6.45, 7) is 0.409. The highest BCUT2D eigenvalue weighted by atomic mass is 35.5. The van der Waals surface area contributed by atoms with Crippen molar-refractivity contribution in [3.8, 4) is 0 Å². The maximum Gasteiger partial charge on any atom is 0.255 e. The van der Waals surface area contributed by atoms with Crippen molar-refractivity contribution in [3.63, 3.8) is 0 Å². The Hall–Kier alpha value is -1.89. The molecule has 1 aromatic heterocycles. The highest BCUT2D eigenvalue weighted by molar-refractivity contribution is 5.99. The van der Waals surface area contributed by atoms with E-state index in [1.807, 2.05) is 0 Å². The van der Waals surface area contributed by atoms with Crippen LogP contribution < -0.4 is 16.4 Å². The minimum absolute atomic E-state index is 0. The molecule has 0 spiro atoms. The number of pyridine rings is 1. The van der Waals surface area contributed by atoms with E-state index in [0.29, 0.717) is 23.8 Å². The number of aromatic nitrogens is 1. The summed E-state index contributed by atoms with van der Waals surface area (Å²) in [7, 11) is 0. The summed E-state index contributed by atoms with van der Waals surface area (Å²) in [5.41, 5.74) is 6.37. The van der Waals surface area contributed by atoms with Gasteiger partial charge in [-0.1, -0.05) is 12.1 Å². The molecule has 0 radical (unpaired) electrons. The monoisotopic (exact) mass is 386 g/mol. The van der Waals surface area contributed by atoms with Crippen LogP contribution in [0.1, 0.15) is 23.2 Å². The molecule has 4 N–H and O–H groups in total. The summed E-state index contributed by atoms with van der Waals surface area (Å²) in [5, 5.41) is 5.83. The second-order valence-corrected chi connectivity index (χ2v) is 5.66. The predicted molar refractivity (Wildman–Crippen MR) is 101 cm³/mol. The van der Waals surface area contributed by atoms with Gasteiger partial charge in [0.05, 0.1) is 11.3 Å². The molecule has 1 aliphatic rings. The van der Waals surface area contributed by atoms with Crippen LogP contribution in [0.4, 0.5) is 15.9 Å². The second-order valence-electron chi connectivity index (χ2n) is 5.66. The van der Waals surface area contributed by atoms with E-state index >= 15 is 0 Å². The van der Waals surface area contributed by atoms with Gasteiger partial charge in [0.1, 0.15) is 11.6 Å². The first-order chi connectivity index (χ1) is 11.2. The van der Waals surface area contributed by atoms with Gasteiger partial charge in [-0.25, -0.2) is 9.37 Å². The van der Waals surface area contributed by atoms with Crippen molar-refractivity contribution in [2.45, 2.75) is 18.9 Å². The van der Waals surface area contributed by atoms with Gasteiger partial charge in [0, 0.05) is 18.8 Å². The van der Waals surface area contributed by atoms with Crippen LogP contribution in [0, 0.1) is 11.7 Å². The maximum absolute atomic E-state index is 13.8. The van der Waals surface area contributed by atoms with E-state index < -0.39 is 5.82 Å². The molecule has 2 aromatic rings. The SMILES string of the molecule is Cl.Cl.NCC(NC(=O)c1cccnc1Nc1ccccc1F)C1CC1. The lowest BCUT2D eigenvalue weighted by molar-refractivity contribution is 0.0934. The normalized spacial score (nSPS) is 13.8. The number of rotatable bonds is 6. The zero-order chi connectivity index (χ0) is 16.2. The van der Waals surface area contributed by atoms with E-state index in [-0.39, 0.29) is 42.5 Å². The highest BCUT2D eigenvalue weighted by Crippen LogP contribution is 2.32. The fourth-order valence-corrected chi connectivity index (χ4v) is 2.49. The largest absolute Gasteiger partial charge is 0.348 e. The zero-order valence-corrected chi connectivity index (χ0v) is 15.1. The van der Waals surface area contributed by atoms with Crippen molar-refractivity contribution in [1.29, 1.82) is 0 Å². The van der Waals surface area contributed by atoms with E-state index in [9.17, 15) is 9.18 Å². The Bertz CT molecular complexity index is 713. The lowest BCUT2D eigenvalue weighted by Gasteiger charge is -2.17. The van der Waals surface area contributed by atoms with Crippen LogP contribution in [-0.2, 0) is 0 Å². The van der Waals surface area contributed by atoms with Crippen LogP contribution in [0.2, 0.25) is 0 Å². The van der Waals surface area contributed by atoms with Gasteiger partial charge < -0.3 is 16.4 Å². The number of halogens is 3. The van der Waals surface area contributed by atoms with Gasteiger partial charge in [-0.15, -0.1) is 24.8 Å². The van der Waals surface area contributed by atoms with E-state index in [1.54, 1.807) is 36.5 Å². The van der Waals surface area contributed by atoms with Crippen LogP contribution in [0.5, 0.6) is 0 Å². The fourth-order valence-electron chi connectivity index (χ4n) is 2.49. The molecule has 0 saturated heterocycles. The summed E-state index contributed by atoms with van der Waals surface area (Å²) >= 11 is 0. The van der Waals surface area contributed by atoms with Crippen LogP contribution in [-0.4, -0.2) is 23.5 Å². The third-order valence-corrected chi connectivity index (χ3v) is 3.94. The summed E-state index contributed by atoms with van der Waals surface area (Å²) in [6, 6.07) is 9.58. The quantitative estimate of drug-likeness (QED) is 0.711. The summed E-state index contributed by atoms with van der Waals surface area (Å²) < 4.78 is 13.8. The standard InChI is InChI=1S/C17H19FN4O.2ClH/c18-13-5-1-2-6-14(13)21-16-12(4-3-9-20-16)17(23)22-15(10-19)11-7-8-11;;/h1-6,9,11,15H,7-8,10,19H2,(H,20,21)(H,22,23);2*1H. The molecule has 1 saturated carbocycles. The van der Waals surface area contributed by atoms with Gasteiger partial charge in [-0.3, -0.25) is 4.79 Å². The molecule has 1 aromatic carbocycles. The lowest BCUT2D eigenvalue weighted by atomic mass is 10.1. The molecule has 0 bridgehead atoms. The minimum Gasteiger partial charge on any atom is -0.348 e. The maximum atomic E-state index is 13.8. The molecule has 0 aliphatic heterocycles. The molecule has 5 nitrogen and oxygen atoms in total. The van der Waals surface area contributed by atoms with Crippen LogP contribution in [0.25, 0.3) is 0 Å². The van der Waals surface area contributed by atoms with E-state index in [4.69, 9.17) is 5.73 Å². The first-order valence-corrected chi connectivity index (χ1v) is 7.66. The highest BCUT2D eigenvalue weighted by Gasteiger charge is 2.31. The number of carbonyl (C=O) groups excluding carboxylic acids is 1. The van der Waals surface area contributed by atoms with Crippen molar-refractivity contribution < 1.29 is 9.18 Å². The average molecular weight is 387 g/mol. The molecular weight excluding hydrogens is 366 g/mol. The van der Waals surface area contributed by atoms with E-state index in [1.165, 1.54) is 6.07 Å². The zero-order valence-electron chi connectivity index (χ0n) is 13.4. The minimum atomic E-state index is -0.401. The Morgan fingerprint density at radius 3 is 2.60 bits per heavy atom. The Labute approximate surface area is 158 Å². The van der Waals surface area contributed by atoms with Gasteiger partial charge in [-0.05, 0) is 43.0 Å². The molecule has 1 atom stereocenters. The van der Waals surface area contributed by atoms with Crippen molar-refractivity contribution in [2.75, 3.05) is 11.9 Å². The van der Waals surface area contributed by atoms with Crippen LogP contribution in [0.3, 0.4) is 0 Å². The van der Waals surface area contributed by atoms with Crippen LogP contribution in [0.15, 0.2) is 42.6 Å². The summed E-state index contributed by atoms with van der Waals surface area (Å²) in [5.74, 6) is 0.131. The molecule has 1 amide bonds. The van der Waals surface area contributed by atoms with E-state index in [2.05, 4.69) is 15.6 Å². The summed E-state index contributed by atoms with van der Waals surface area (Å²) in [6.07, 6.45) is 3.74. The number of nitrogens with two attached hydrogens (primary N) is 1. The predicted octanol–water partition coefficient (Wildman–Crippen LogP) is 3.28. The number of carbonyl (C=O) groups is 1. The number of hydrogen-bond acceptors (Lipinski definition) is 4. The fraction of sp³-hybridized carbons (Fsp3) is 0.294. The van der Waals surface area contributed by atoms with Crippen molar-refractivity contribution in [3.05, 3.63) is 54.0 Å². The molecule has 1 unspecified atom stereocenters. The first-order valence-electron chi connectivity index (χ1n) is 7.66. The Balaban J connectivity index is 0.00000156. The Kier molecular flexibility index (Phi) is 8.09. The Morgan fingerprint density at radius 1 is 1.24 bits per heavy atom. The van der Waals surface area contributed by atoms with Gasteiger partial charge in [0.2, 0.25) is 0 Å². The molecule has 1 fully saturated rings. The molecule has 3 rings (SSSR count). The number of nitrogens with one attached hydrogen (secondary N) is 2. The van der Waals surface area contributed by atoms with E-state index in [0.717, 1.165) is 12.8 Å².